The molecule has 4 heteroatoms. The first-order valence-electron chi connectivity index (χ1n) is 6.15. The Hall–Kier alpha value is -2.49. The van der Waals surface area contributed by atoms with Crippen LogP contribution in [0.3, 0.4) is 0 Å². The number of anilines is 2. The molecule has 0 fully saturated rings. The fourth-order valence-corrected chi connectivity index (χ4v) is 2.16. The molecule has 1 aliphatic heterocycles. The van der Waals surface area contributed by atoms with Gasteiger partial charge in [0.15, 0.2) is 5.75 Å². The highest BCUT2D eigenvalue weighted by Gasteiger charge is 2.17. The monoisotopic (exact) mass is 254 g/mol. The van der Waals surface area contributed by atoms with Crippen LogP contribution in [0, 0.1) is 0 Å². The number of ether oxygens (including phenoxy) is 1. The van der Waals surface area contributed by atoms with Crippen LogP contribution in [0.15, 0.2) is 42.5 Å². The van der Waals surface area contributed by atoms with Crippen LogP contribution in [0.25, 0.3) is 11.1 Å². The molecule has 1 aliphatic rings. The molecule has 2 aromatic rings. The maximum absolute atomic E-state index is 11.6. The molecule has 0 unspecified atom stereocenters. The molecule has 0 atom stereocenters. The van der Waals surface area contributed by atoms with Crippen LogP contribution >= 0.6 is 0 Å². The molecule has 1 heterocycles. The highest BCUT2D eigenvalue weighted by atomic mass is 16.5. The fourth-order valence-electron chi connectivity index (χ4n) is 2.16. The summed E-state index contributed by atoms with van der Waals surface area (Å²) >= 11 is 0. The van der Waals surface area contributed by atoms with E-state index < -0.39 is 0 Å². The van der Waals surface area contributed by atoms with Crippen molar-refractivity contribution in [3.8, 4) is 16.9 Å². The average molecular weight is 254 g/mol. The quantitative estimate of drug-likeness (QED) is 0.769. The van der Waals surface area contributed by atoms with Gasteiger partial charge in [0.1, 0.15) is 0 Å². The van der Waals surface area contributed by atoms with E-state index in [1.165, 1.54) is 0 Å². The van der Waals surface area contributed by atoms with Crippen LogP contribution in [0.4, 0.5) is 11.4 Å². The first kappa shape index (κ1) is 11.6. The van der Waals surface area contributed by atoms with E-state index >= 15 is 0 Å². The summed E-state index contributed by atoms with van der Waals surface area (Å²) < 4.78 is 5.53. The number of nitrogens with one attached hydrogen (secondary N) is 1. The normalized spacial score (nSPS) is 14.0. The van der Waals surface area contributed by atoms with E-state index in [9.17, 15) is 4.79 Å². The lowest BCUT2D eigenvalue weighted by Crippen LogP contribution is -2.10. The average Bonchev–Trinajstić information content (AvgIpc) is 2.61. The molecule has 0 aromatic heterocycles. The Labute approximate surface area is 111 Å². The molecule has 0 bridgehead atoms. The summed E-state index contributed by atoms with van der Waals surface area (Å²) in [7, 11) is 0. The van der Waals surface area contributed by atoms with Crippen LogP contribution in [-0.4, -0.2) is 12.5 Å². The summed E-state index contributed by atoms with van der Waals surface area (Å²) in [5, 5.41) is 2.83. The van der Waals surface area contributed by atoms with Crippen LogP contribution in [-0.2, 0) is 4.79 Å². The number of hydrogen-bond donors (Lipinski definition) is 2. The number of amides is 1. The third kappa shape index (κ3) is 2.25. The van der Waals surface area contributed by atoms with Crippen molar-refractivity contribution in [2.75, 3.05) is 17.7 Å². The first-order valence-corrected chi connectivity index (χ1v) is 6.15. The Morgan fingerprint density at radius 1 is 1.11 bits per heavy atom. The van der Waals surface area contributed by atoms with Gasteiger partial charge in [-0.25, -0.2) is 0 Å². The highest BCUT2D eigenvalue weighted by molar-refractivity contribution is 5.96. The molecule has 3 N–H and O–H groups in total. The zero-order chi connectivity index (χ0) is 13.2. The van der Waals surface area contributed by atoms with Crippen molar-refractivity contribution in [2.45, 2.75) is 6.42 Å². The lowest BCUT2D eigenvalue weighted by molar-refractivity contribution is -0.116. The smallest absolute Gasteiger partial charge is 0.227 e. The van der Waals surface area contributed by atoms with Crippen LogP contribution in [0.1, 0.15) is 6.42 Å². The lowest BCUT2D eigenvalue weighted by atomic mass is 10.0. The van der Waals surface area contributed by atoms with Gasteiger partial charge in [-0.15, -0.1) is 0 Å². The van der Waals surface area contributed by atoms with Gasteiger partial charge in [0.05, 0.1) is 24.4 Å². The van der Waals surface area contributed by atoms with E-state index in [4.69, 9.17) is 10.5 Å². The molecular weight excluding hydrogens is 240 g/mol. The summed E-state index contributed by atoms with van der Waals surface area (Å²) in [4.78, 5) is 11.6. The third-order valence-electron chi connectivity index (χ3n) is 3.07. The van der Waals surface area contributed by atoms with Crippen molar-refractivity contribution in [1.82, 2.24) is 0 Å². The highest BCUT2D eigenvalue weighted by Crippen LogP contribution is 2.37. The van der Waals surface area contributed by atoms with Gasteiger partial charge in [-0.05, 0) is 23.3 Å². The van der Waals surface area contributed by atoms with E-state index in [2.05, 4.69) is 5.32 Å². The molecule has 0 spiro atoms. The van der Waals surface area contributed by atoms with Gasteiger partial charge in [0, 0.05) is 0 Å². The molecule has 0 saturated carbocycles. The Balaban J connectivity index is 2.10. The summed E-state index contributed by atoms with van der Waals surface area (Å²) in [5.41, 5.74) is 9.21. The van der Waals surface area contributed by atoms with Gasteiger partial charge in [-0.1, -0.05) is 30.3 Å². The van der Waals surface area contributed by atoms with E-state index in [0.717, 1.165) is 11.1 Å². The lowest BCUT2D eigenvalue weighted by Gasteiger charge is -2.12. The number of rotatable bonds is 1. The molecule has 1 amide bonds. The Bertz CT molecular complexity index is 624. The van der Waals surface area contributed by atoms with Crippen LogP contribution in [0.5, 0.6) is 5.75 Å². The Kier molecular flexibility index (Phi) is 2.83. The van der Waals surface area contributed by atoms with Crippen molar-refractivity contribution in [3.05, 3.63) is 42.5 Å². The van der Waals surface area contributed by atoms with Gasteiger partial charge < -0.3 is 15.8 Å². The summed E-state index contributed by atoms with van der Waals surface area (Å²) in [6, 6.07) is 13.6. The zero-order valence-electron chi connectivity index (χ0n) is 10.3. The van der Waals surface area contributed by atoms with Crippen LogP contribution < -0.4 is 15.8 Å². The van der Waals surface area contributed by atoms with E-state index in [0.29, 0.717) is 30.2 Å². The number of carbonyl (C=O) groups is 1. The Morgan fingerprint density at radius 3 is 2.68 bits per heavy atom. The minimum Gasteiger partial charge on any atom is -0.489 e. The molecule has 3 rings (SSSR count). The van der Waals surface area contributed by atoms with Gasteiger partial charge in [0.2, 0.25) is 5.91 Å². The second-order valence-electron chi connectivity index (χ2n) is 4.45. The Morgan fingerprint density at radius 2 is 1.89 bits per heavy atom. The molecule has 96 valence electrons. The summed E-state index contributed by atoms with van der Waals surface area (Å²) in [6.07, 6.45) is 0.342. The topological polar surface area (TPSA) is 64.3 Å². The second-order valence-corrected chi connectivity index (χ2v) is 4.45. The SMILES string of the molecule is Nc1cc(-c2ccccc2)cc2c1OCCC(=O)N2. The summed E-state index contributed by atoms with van der Waals surface area (Å²) in [6.45, 7) is 0.355. The van der Waals surface area contributed by atoms with E-state index in [-0.39, 0.29) is 5.91 Å². The number of nitrogens with two attached hydrogens (primary N) is 1. The predicted molar refractivity (Wildman–Crippen MR) is 75.0 cm³/mol. The first-order chi connectivity index (χ1) is 9.24. The molecule has 0 radical (unpaired) electrons. The minimum absolute atomic E-state index is 0.0524. The second kappa shape index (κ2) is 4.65. The van der Waals surface area contributed by atoms with Gasteiger partial charge in [-0.3, -0.25) is 4.79 Å². The van der Waals surface area contributed by atoms with Crippen molar-refractivity contribution < 1.29 is 9.53 Å². The van der Waals surface area contributed by atoms with Gasteiger partial charge >= 0.3 is 0 Å². The van der Waals surface area contributed by atoms with E-state index in [1.807, 2.05) is 42.5 Å². The predicted octanol–water partition coefficient (Wildman–Crippen LogP) is 2.66. The molecule has 0 saturated heterocycles. The number of carbonyl (C=O) groups excluding carboxylic acids is 1. The van der Waals surface area contributed by atoms with Crippen molar-refractivity contribution >= 4 is 17.3 Å². The maximum atomic E-state index is 11.6. The standard InChI is InChI=1S/C15H14N2O2/c16-12-8-11(10-4-2-1-3-5-10)9-13-15(12)19-7-6-14(18)17-13/h1-5,8-9H,6-7,16H2,(H,17,18). The van der Waals surface area contributed by atoms with Crippen molar-refractivity contribution in [3.63, 3.8) is 0 Å². The number of nitrogen functional groups attached to an aromatic ring is 1. The molecule has 19 heavy (non-hydrogen) atoms. The number of benzene rings is 2. The van der Waals surface area contributed by atoms with Crippen LogP contribution in [0.2, 0.25) is 0 Å². The van der Waals surface area contributed by atoms with Gasteiger partial charge in [-0.2, -0.15) is 0 Å². The fraction of sp³-hybridized carbons (Fsp3) is 0.133. The van der Waals surface area contributed by atoms with Crippen molar-refractivity contribution in [2.24, 2.45) is 0 Å². The molecule has 0 aliphatic carbocycles. The molecule has 2 aromatic carbocycles. The third-order valence-corrected chi connectivity index (χ3v) is 3.07. The minimum atomic E-state index is -0.0524. The van der Waals surface area contributed by atoms with Gasteiger partial charge in [0.25, 0.3) is 0 Å². The molecular formula is C15H14N2O2. The van der Waals surface area contributed by atoms with E-state index in [1.54, 1.807) is 0 Å². The maximum Gasteiger partial charge on any atom is 0.227 e. The number of fused-ring (bicyclic) bond motifs is 1. The van der Waals surface area contributed by atoms with Crippen molar-refractivity contribution in [1.29, 1.82) is 0 Å². The number of hydrogen-bond acceptors (Lipinski definition) is 3. The summed E-state index contributed by atoms with van der Waals surface area (Å²) in [5.74, 6) is 0.508. The zero-order valence-corrected chi connectivity index (χ0v) is 10.3. The molecule has 4 nitrogen and oxygen atoms in total. The largest absolute Gasteiger partial charge is 0.489 e.